The van der Waals surface area contributed by atoms with E-state index in [1.807, 2.05) is 6.92 Å². The molecule has 7 nitrogen and oxygen atoms in total. The molecule has 3 aromatic heterocycles. The summed E-state index contributed by atoms with van der Waals surface area (Å²) in [5.41, 5.74) is 1.97. The maximum absolute atomic E-state index is 12.7. The highest BCUT2D eigenvalue weighted by atomic mass is 19.4. The fourth-order valence-electron chi connectivity index (χ4n) is 2.81. The number of hydrogen-bond acceptors (Lipinski definition) is 5. The molecule has 3 heterocycles. The number of ether oxygens (including phenoxy) is 1. The Morgan fingerprint density at radius 1 is 1.10 bits per heavy atom. The number of benzene rings is 1. The maximum atomic E-state index is 12.7. The maximum Gasteiger partial charge on any atom is 0.573 e. The van der Waals surface area contributed by atoms with E-state index in [9.17, 15) is 18.0 Å². The van der Waals surface area contributed by atoms with Crippen molar-refractivity contribution < 1.29 is 22.7 Å². The molecule has 1 N–H and O–H groups in total. The van der Waals surface area contributed by atoms with Gasteiger partial charge in [0, 0.05) is 17.5 Å². The molecule has 0 fully saturated rings. The predicted octanol–water partition coefficient (Wildman–Crippen LogP) is 4.25. The van der Waals surface area contributed by atoms with Crippen LogP contribution >= 0.6 is 0 Å². The Morgan fingerprint density at radius 3 is 2.63 bits per heavy atom. The lowest BCUT2D eigenvalue weighted by Gasteiger charge is -2.13. The quantitative estimate of drug-likeness (QED) is 0.541. The SMILES string of the molecule is Cc1ccc(NC(=O)c2cnn3ccc(-c4ccccc4OC(F)(F)F)nc23)cn1. The predicted molar refractivity (Wildman–Crippen MR) is 102 cm³/mol. The molecule has 152 valence electrons. The van der Waals surface area contributed by atoms with Crippen LogP contribution in [0.2, 0.25) is 0 Å². The smallest absolute Gasteiger partial charge is 0.405 e. The Labute approximate surface area is 168 Å². The Bertz CT molecular complexity index is 1220. The van der Waals surface area contributed by atoms with Crippen molar-refractivity contribution in [1.29, 1.82) is 0 Å². The largest absolute Gasteiger partial charge is 0.573 e. The molecule has 10 heteroatoms. The molecule has 0 aliphatic carbocycles. The number of alkyl halides is 3. The number of fused-ring (bicyclic) bond motifs is 1. The second kappa shape index (κ2) is 7.47. The number of aromatic nitrogens is 4. The lowest BCUT2D eigenvalue weighted by atomic mass is 10.1. The Kier molecular flexibility index (Phi) is 4.82. The van der Waals surface area contributed by atoms with Crippen LogP contribution in [0.3, 0.4) is 0 Å². The molecular weight excluding hydrogens is 399 g/mol. The second-order valence-corrected chi connectivity index (χ2v) is 6.33. The number of amides is 1. The van der Waals surface area contributed by atoms with Crippen LogP contribution in [0.25, 0.3) is 16.9 Å². The Morgan fingerprint density at radius 2 is 1.90 bits per heavy atom. The van der Waals surface area contributed by atoms with Crippen molar-refractivity contribution in [2.75, 3.05) is 5.32 Å². The molecule has 0 saturated heterocycles. The number of aryl methyl sites for hydroxylation is 1. The number of hydrogen-bond donors (Lipinski definition) is 1. The van der Waals surface area contributed by atoms with E-state index in [-0.39, 0.29) is 22.5 Å². The Hall–Kier alpha value is -3.95. The summed E-state index contributed by atoms with van der Waals surface area (Å²) >= 11 is 0. The van der Waals surface area contributed by atoms with Gasteiger partial charge in [0.15, 0.2) is 5.65 Å². The molecule has 0 unspecified atom stereocenters. The molecule has 0 atom stereocenters. The molecule has 0 aliphatic rings. The summed E-state index contributed by atoms with van der Waals surface area (Å²) in [7, 11) is 0. The van der Waals surface area contributed by atoms with Gasteiger partial charge in [-0.1, -0.05) is 12.1 Å². The van der Waals surface area contributed by atoms with Crippen molar-refractivity contribution in [3.05, 3.63) is 72.3 Å². The summed E-state index contributed by atoms with van der Waals surface area (Å²) in [6.45, 7) is 1.82. The van der Waals surface area contributed by atoms with Gasteiger partial charge in [-0.25, -0.2) is 9.50 Å². The minimum atomic E-state index is -4.84. The molecule has 0 bridgehead atoms. The van der Waals surface area contributed by atoms with Gasteiger partial charge in [0.2, 0.25) is 0 Å². The fraction of sp³-hybridized carbons (Fsp3) is 0.100. The van der Waals surface area contributed by atoms with E-state index in [0.29, 0.717) is 5.69 Å². The van der Waals surface area contributed by atoms with E-state index < -0.39 is 18.0 Å². The van der Waals surface area contributed by atoms with Crippen molar-refractivity contribution in [3.8, 4) is 17.0 Å². The minimum Gasteiger partial charge on any atom is -0.405 e. The highest BCUT2D eigenvalue weighted by Crippen LogP contribution is 2.33. The van der Waals surface area contributed by atoms with Crippen LogP contribution in [0.1, 0.15) is 16.1 Å². The number of pyridine rings is 1. The van der Waals surface area contributed by atoms with Gasteiger partial charge < -0.3 is 10.1 Å². The van der Waals surface area contributed by atoms with Crippen molar-refractivity contribution in [2.45, 2.75) is 13.3 Å². The molecule has 30 heavy (non-hydrogen) atoms. The number of carbonyl (C=O) groups excluding carboxylic acids is 1. The molecule has 0 spiro atoms. The highest BCUT2D eigenvalue weighted by Gasteiger charge is 2.32. The first-order valence-corrected chi connectivity index (χ1v) is 8.74. The van der Waals surface area contributed by atoms with Crippen LogP contribution in [-0.2, 0) is 0 Å². The number of nitrogens with zero attached hydrogens (tertiary/aromatic N) is 4. The number of halogens is 3. The fourth-order valence-corrected chi connectivity index (χ4v) is 2.81. The number of anilines is 1. The van der Waals surface area contributed by atoms with Crippen LogP contribution < -0.4 is 10.1 Å². The molecule has 4 rings (SSSR count). The summed E-state index contributed by atoms with van der Waals surface area (Å²) in [6.07, 6.45) is -0.486. The third-order valence-corrected chi connectivity index (χ3v) is 4.17. The van der Waals surface area contributed by atoms with Crippen molar-refractivity contribution in [3.63, 3.8) is 0 Å². The monoisotopic (exact) mass is 413 g/mol. The zero-order chi connectivity index (χ0) is 21.3. The summed E-state index contributed by atoms with van der Waals surface area (Å²) in [5.74, 6) is -0.863. The van der Waals surface area contributed by atoms with Crippen LogP contribution in [0.5, 0.6) is 5.75 Å². The zero-order valence-electron chi connectivity index (χ0n) is 15.5. The van der Waals surface area contributed by atoms with E-state index in [1.165, 1.54) is 47.4 Å². The number of nitrogens with one attached hydrogen (secondary N) is 1. The first-order valence-electron chi connectivity index (χ1n) is 8.74. The average Bonchev–Trinajstić information content (AvgIpc) is 3.12. The third kappa shape index (κ3) is 4.07. The van der Waals surface area contributed by atoms with Crippen molar-refractivity contribution in [1.82, 2.24) is 19.6 Å². The highest BCUT2D eigenvalue weighted by molar-refractivity contribution is 6.08. The van der Waals surface area contributed by atoms with Gasteiger partial charge >= 0.3 is 6.36 Å². The normalized spacial score (nSPS) is 11.5. The van der Waals surface area contributed by atoms with E-state index >= 15 is 0 Å². The van der Waals surface area contributed by atoms with Gasteiger partial charge in [0.25, 0.3) is 5.91 Å². The first kappa shape index (κ1) is 19.4. The number of rotatable bonds is 4. The molecular formula is C20H14F3N5O2. The van der Waals surface area contributed by atoms with Gasteiger partial charge in [0.05, 0.1) is 23.8 Å². The summed E-state index contributed by atoms with van der Waals surface area (Å²) < 4.78 is 43.6. The first-order chi connectivity index (χ1) is 14.3. The van der Waals surface area contributed by atoms with Crippen LogP contribution in [-0.4, -0.2) is 31.9 Å². The molecule has 4 aromatic rings. The van der Waals surface area contributed by atoms with Gasteiger partial charge in [-0.15, -0.1) is 13.2 Å². The van der Waals surface area contributed by atoms with Crippen LogP contribution in [0.15, 0.2) is 61.1 Å². The van der Waals surface area contributed by atoms with E-state index in [0.717, 1.165) is 5.69 Å². The van der Waals surface area contributed by atoms with E-state index in [2.05, 4.69) is 25.1 Å². The van der Waals surface area contributed by atoms with E-state index in [1.54, 1.807) is 18.2 Å². The van der Waals surface area contributed by atoms with Gasteiger partial charge in [-0.3, -0.25) is 9.78 Å². The van der Waals surface area contributed by atoms with Crippen LogP contribution in [0.4, 0.5) is 18.9 Å². The molecule has 0 radical (unpaired) electrons. The molecule has 1 aromatic carbocycles. The van der Waals surface area contributed by atoms with Crippen LogP contribution in [0, 0.1) is 6.92 Å². The van der Waals surface area contributed by atoms with Gasteiger partial charge in [0.1, 0.15) is 11.3 Å². The lowest BCUT2D eigenvalue weighted by Crippen LogP contribution is -2.17. The zero-order valence-corrected chi connectivity index (χ0v) is 15.5. The average molecular weight is 413 g/mol. The van der Waals surface area contributed by atoms with Gasteiger partial charge in [-0.05, 0) is 37.3 Å². The van der Waals surface area contributed by atoms with E-state index in [4.69, 9.17) is 0 Å². The lowest BCUT2D eigenvalue weighted by molar-refractivity contribution is -0.274. The third-order valence-electron chi connectivity index (χ3n) is 4.17. The molecule has 0 aliphatic heterocycles. The summed E-state index contributed by atoms with van der Waals surface area (Å²) in [6, 6.07) is 10.6. The van der Waals surface area contributed by atoms with Crippen molar-refractivity contribution in [2.24, 2.45) is 0 Å². The summed E-state index contributed by atoms with van der Waals surface area (Å²) in [5, 5.41) is 6.78. The second-order valence-electron chi connectivity index (χ2n) is 6.33. The molecule has 1 amide bonds. The minimum absolute atomic E-state index is 0.132. The topological polar surface area (TPSA) is 81.4 Å². The number of para-hydroxylation sites is 1. The Balaban J connectivity index is 1.70. The molecule has 0 saturated carbocycles. The summed E-state index contributed by atoms with van der Waals surface area (Å²) in [4.78, 5) is 21.1. The number of carbonyl (C=O) groups is 1. The van der Waals surface area contributed by atoms with Crippen molar-refractivity contribution >= 4 is 17.2 Å². The standard InChI is InChI=1S/C20H14F3N5O2/c1-12-6-7-13(10-24-12)26-19(29)15-11-25-28-9-8-16(27-18(15)28)14-4-2-3-5-17(14)30-20(21,22)23/h2-11H,1H3,(H,26,29). The van der Waals surface area contributed by atoms with Gasteiger partial charge in [-0.2, -0.15) is 5.10 Å².